The first-order valence-corrected chi connectivity index (χ1v) is 7.56. The smallest absolute Gasteiger partial charge is 0.224 e. The molecule has 1 aliphatic rings. The number of rotatable bonds is 4. The molecule has 5 nitrogen and oxygen atoms in total. The fraction of sp³-hybridized carbons (Fsp3) is 0.500. The molecule has 0 aliphatic carbocycles. The fourth-order valence-corrected chi connectivity index (χ4v) is 2.44. The van der Waals surface area contributed by atoms with E-state index in [1.165, 1.54) is 0 Å². The highest BCUT2D eigenvalue weighted by molar-refractivity contribution is 5.90. The Kier molecular flexibility index (Phi) is 5.20. The average Bonchev–Trinajstić information content (AvgIpc) is 2.55. The maximum atomic E-state index is 11.7. The lowest BCUT2D eigenvalue weighted by atomic mass is 10.2. The minimum Gasteiger partial charge on any atom is -0.368 e. The van der Waals surface area contributed by atoms with E-state index in [0.29, 0.717) is 12.8 Å². The van der Waals surface area contributed by atoms with Crippen molar-refractivity contribution in [1.82, 2.24) is 4.90 Å². The second kappa shape index (κ2) is 7.11. The zero-order chi connectivity index (χ0) is 15.2. The van der Waals surface area contributed by atoms with E-state index in [1.807, 2.05) is 43.0 Å². The lowest BCUT2D eigenvalue weighted by Crippen LogP contribution is -2.48. The fourth-order valence-electron chi connectivity index (χ4n) is 2.44. The zero-order valence-electron chi connectivity index (χ0n) is 12.8. The first-order chi connectivity index (χ1) is 10.1. The molecule has 114 valence electrons. The van der Waals surface area contributed by atoms with E-state index in [4.69, 9.17) is 0 Å². The summed E-state index contributed by atoms with van der Waals surface area (Å²) >= 11 is 0. The Balaban J connectivity index is 1.92. The summed E-state index contributed by atoms with van der Waals surface area (Å²) < 4.78 is 0. The molecular weight excluding hydrogens is 266 g/mol. The van der Waals surface area contributed by atoms with Gasteiger partial charge in [-0.25, -0.2) is 0 Å². The van der Waals surface area contributed by atoms with Crippen molar-refractivity contribution >= 4 is 23.2 Å². The molecule has 2 rings (SSSR count). The summed E-state index contributed by atoms with van der Waals surface area (Å²) in [6, 6.07) is 7.88. The number of carbonyl (C=O) groups is 2. The van der Waals surface area contributed by atoms with Gasteiger partial charge in [0, 0.05) is 50.4 Å². The van der Waals surface area contributed by atoms with E-state index in [0.717, 1.165) is 37.6 Å². The van der Waals surface area contributed by atoms with Crippen molar-refractivity contribution in [1.29, 1.82) is 0 Å². The highest BCUT2D eigenvalue weighted by Crippen LogP contribution is 2.19. The van der Waals surface area contributed by atoms with Crippen LogP contribution in [0, 0.1) is 0 Å². The molecule has 1 aromatic rings. The van der Waals surface area contributed by atoms with Crippen molar-refractivity contribution in [3.05, 3.63) is 24.3 Å². The number of nitrogens with zero attached hydrogens (tertiary/aromatic N) is 2. The molecule has 21 heavy (non-hydrogen) atoms. The van der Waals surface area contributed by atoms with Gasteiger partial charge in [0.25, 0.3) is 0 Å². The third-order valence-corrected chi connectivity index (χ3v) is 3.77. The van der Waals surface area contributed by atoms with Crippen LogP contribution in [0.2, 0.25) is 0 Å². The van der Waals surface area contributed by atoms with Crippen LogP contribution in [0.5, 0.6) is 0 Å². The van der Waals surface area contributed by atoms with E-state index >= 15 is 0 Å². The Morgan fingerprint density at radius 3 is 2.14 bits per heavy atom. The van der Waals surface area contributed by atoms with Crippen LogP contribution < -0.4 is 10.2 Å². The summed E-state index contributed by atoms with van der Waals surface area (Å²) in [4.78, 5) is 27.2. The molecule has 1 heterocycles. The van der Waals surface area contributed by atoms with Crippen LogP contribution in [0.3, 0.4) is 0 Å². The van der Waals surface area contributed by atoms with Gasteiger partial charge in [0.2, 0.25) is 11.8 Å². The summed E-state index contributed by atoms with van der Waals surface area (Å²) in [6.07, 6.45) is 1.06. The number of hydrogen-bond acceptors (Lipinski definition) is 3. The van der Waals surface area contributed by atoms with Crippen molar-refractivity contribution in [2.75, 3.05) is 36.4 Å². The number of piperazine rings is 1. The van der Waals surface area contributed by atoms with Crippen LogP contribution >= 0.6 is 0 Å². The monoisotopic (exact) mass is 289 g/mol. The van der Waals surface area contributed by atoms with Crippen molar-refractivity contribution in [3.63, 3.8) is 0 Å². The van der Waals surface area contributed by atoms with E-state index in [9.17, 15) is 9.59 Å². The van der Waals surface area contributed by atoms with E-state index in [1.54, 1.807) is 0 Å². The number of nitrogens with one attached hydrogen (secondary N) is 1. The molecule has 5 heteroatoms. The molecule has 1 fully saturated rings. The SMILES string of the molecule is CCC(=O)Nc1ccc(N2CCN(C(=O)CC)CC2)cc1. The van der Waals surface area contributed by atoms with Gasteiger partial charge < -0.3 is 15.1 Å². The second-order valence-electron chi connectivity index (χ2n) is 5.17. The summed E-state index contributed by atoms with van der Waals surface area (Å²) in [5.41, 5.74) is 1.96. The van der Waals surface area contributed by atoms with Gasteiger partial charge in [0.15, 0.2) is 0 Å². The lowest BCUT2D eigenvalue weighted by molar-refractivity contribution is -0.131. The van der Waals surface area contributed by atoms with Gasteiger partial charge in [-0.15, -0.1) is 0 Å². The summed E-state index contributed by atoms with van der Waals surface area (Å²) in [5.74, 6) is 0.252. The van der Waals surface area contributed by atoms with Gasteiger partial charge in [0.1, 0.15) is 0 Å². The van der Waals surface area contributed by atoms with Gasteiger partial charge in [-0.3, -0.25) is 9.59 Å². The van der Waals surface area contributed by atoms with Crippen LogP contribution in [0.4, 0.5) is 11.4 Å². The first kappa shape index (κ1) is 15.4. The molecule has 0 radical (unpaired) electrons. The number of amides is 2. The minimum atomic E-state index is 0.0226. The molecule has 1 aliphatic heterocycles. The minimum absolute atomic E-state index is 0.0226. The van der Waals surface area contributed by atoms with Crippen molar-refractivity contribution < 1.29 is 9.59 Å². The molecule has 0 bridgehead atoms. The first-order valence-electron chi connectivity index (χ1n) is 7.56. The molecule has 1 N–H and O–H groups in total. The normalized spacial score (nSPS) is 15.0. The molecule has 1 aromatic carbocycles. The third-order valence-electron chi connectivity index (χ3n) is 3.77. The topological polar surface area (TPSA) is 52.7 Å². The Labute approximate surface area is 125 Å². The van der Waals surface area contributed by atoms with Gasteiger partial charge in [-0.05, 0) is 24.3 Å². The largest absolute Gasteiger partial charge is 0.368 e. The average molecular weight is 289 g/mol. The molecule has 0 spiro atoms. The predicted octanol–water partition coefficient (Wildman–Crippen LogP) is 2.09. The van der Waals surface area contributed by atoms with E-state index in [2.05, 4.69) is 10.2 Å². The summed E-state index contributed by atoms with van der Waals surface area (Å²) in [7, 11) is 0. The number of benzene rings is 1. The standard InChI is InChI=1S/C16H23N3O2/c1-3-15(20)17-13-5-7-14(8-6-13)18-9-11-19(12-10-18)16(21)4-2/h5-8H,3-4,9-12H2,1-2H3,(H,17,20). The van der Waals surface area contributed by atoms with Crippen molar-refractivity contribution in [2.45, 2.75) is 26.7 Å². The van der Waals surface area contributed by atoms with Gasteiger partial charge in [-0.2, -0.15) is 0 Å². The van der Waals surface area contributed by atoms with E-state index < -0.39 is 0 Å². The molecule has 1 saturated heterocycles. The Morgan fingerprint density at radius 2 is 1.62 bits per heavy atom. The summed E-state index contributed by atoms with van der Waals surface area (Å²) in [5, 5.41) is 2.84. The van der Waals surface area contributed by atoms with Crippen LogP contribution in [0.1, 0.15) is 26.7 Å². The van der Waals surface area contributed by atoms with Crippen molar-refractivity contribution in [3.8, 4) is 0 Å². The molecular formula is C16H23N3O2. The molecule has 2 amide bonds. The Bertz CT molecular complexity index is 491. The quantitative estimate of drug-likeness (QED) is 0.923. The number of hydrogen-bond donors (Lipinski definition) is 1. The van der Waals surface area contributed by atoms with Crippen LogP contribution in [0.15, 0.2) is 24.3 Å². The predicted molar refractivity (Wildman–Crippen MR) is 84.4 cm³/mol. The highest BCUT2D eigenvalue weighted by Gasteiger charge is 2.19. The Morgan fingerprint density at radius 1 is 1.00 bits per heavy atom. The lowest BCUT2D eigenvalue weighted by Gasteiger charge is -2.36. The zero-order valence-corrected chi connectivity index (χ0v) is 12.8. The molecule has 0 aromatic heterocycles. The van der Waals surface area contributed by atoms with Gasteiger partial charge in [-0.1, -0.05) is 13.8 Å². The summed E-state index contributed by atoms with van der Waals surface area (Å²) in [6.45, 7) is 7.00. The van der Waals surface area contributed by atoms with Crippen LogP contribution in [-0.2, 0) is 9.59 Å². The second-order valence-corrected chi connectivity index (χ2v) is 5.17. The van der Waals surface area contributed by atoms with Crippen LogP contribution in [0.25, 0.3) is 0 Å². The van der Waals surface area contributed by atoms with E-state index in [-0.39, 0.29) is 11.8 Å². The number of carbonyl (C=O) groups excluding carboxylic acids is 2. The molecule has 0 unspecified atom stereocenters. The highest BCUT2D eigenvalue weighted by atomic mass is 16.2. The maximum Gasteiger partial charge on any atom is 0.224 e. The van der Waals surface area contributed by atoms with Crippen molar-refractivity contribution in [2.24, 2.45) is 0 Å². The maximum absolute atomic E-state index is 11.7. The third kappa shape index (κ3) is 3.97. The number of anilines is 2. The molecule has 0 saturated carbocycles. The van der Waals surface area contributed by atoms with Crippen LogP contribution in [-0.4, -0.2) is 42.9 Å². The Hall–Kier alpha value is -2.04. The van der Waals surface area contributed by atoms with Gasteiger partial charge >= 0.3 is 0 Å². The molecule has 0 atom stereocenters. The van der Waals surface area contributed by atoms with Gasteiger partial charge in [0.05, 0.1) is 0 Å².